The summed E-state index contributed by atoms with van der Waals surface area (Å²) in [5, 5.41) is 14.6. The van der Waals surface area contributed by atoms with Crippen LogP contribution in [0.1, 0.15) is 32.5 Å². The number of aromatic nitrogens is 2. The molecule has 0 fully saturated rings. The predicted molar refractivity (Wildman–Crippen MR) is 69.3 cm³/mol. The number of hydrogen-bond donors (Lipinski definition) is 3. The van der Waals surface area contributed by atoms with E-state index < -0.39 is 0 Å². The van der Waals surface area contributed by atoms with E-state index in [1.54, 1.807) is 12.4 Å². The van der Waals surface area contributed by atoms with Crippen LogP contribution in [0.4, 0.5) is 10.5 Å². The van der Waals surface area contributed by atoms with Gasteiger partial charge in [0.2, 0.25) is 0 Å². The third-order valence-electron chi connectivity index (χ3n) is 2.51. The van der Waals surface area contributed by atoms with Gasteiger partial charge in [0, 0.05) is 13.0 Å². The Hall–Kier alpha value is -1.69. The van der Waals surface area contributed by atoms with Gasteiger partial charge in [0.25, 0.3) is 0 Å². The first kappa shape index (κ1) is 14.4. The fourth-order valence-corrected chi connectivity index (χ4v) is 1.33. The van der Waals surface area contributed by atoms with Crippen molar-refractivity contribution in [3.05, 3.63) is 18.2 Å². The normalized spacial score (nSPS) is 11.9. The van der Waals surface area contributed by atoms with E-state index in [1.165, 1.54) is 0 Å². The van der Waals surface area contributed by atoms with Gasteiger partial charge < -0.3 is 15.7 Å². The largest absolute Gasteiger partial charge is 0.393 e. The van der Waals surface area contributed by atoms with Crippen molar-refractivity contribution in [2.75, 3.05) is 11.9 Å². The van der Waals surface area contributed by atoms with Gasteiger partial charge in [-0.1, -0.05) is 13.8 Å². The molecule has 0 aromatic carbocycles. The molecule has 1 heterocycles. The zero-order valence-corrected chi connectivity index (χ0v) is 10.8. The molecule has 100 valence electrons. The minimum Gasteiger partial charge on any atom is -0.393 e. The summed E-state index contributed by atoms with van der Waals surface area (Å²) in [6.07, 6.45) is 4.79. The lowest BCUT2D eigenvalue weighted by Crippen LogP contribution is -2.31. The van der Waals surface area contributed by atoms with E-state index in [0.717, 1.165) is 12.2 Å². The van der Waals surface area contributed by atoms with Crippen molar-refractivity contribution in [1.82, 2.24) is 15.3 Å². The summed E-state index contributed by atoms with van der Waals surface area (Å²) in [6.45, 7) is 4.31. The zero-order chi connectivity index (χ0) is 13.4. The Labute approximate surface area is 107 Å². The van der Waals surface area contributed by atoms with Crippen molar-refractivity contribution < 1.29 is 9.90 Å². The quantitative estimate of drug-likeness (QED) is 0.712. The van der Waals surface area contributed by atoms with Crippen LogP contribution in [-0.2, 0) is 6.42 Å². The summed E-state index contributed by atoms with van der Waals surface area (Å²) in [5.41, 5.74) is 0.556. The van der Waals surface area contributed by atoms with Crippen LogP contribution < -0.4 is 10.6 Å². The van der Waals surface area contributed by atoms with E-state index in [9.17, 15) is 9.90 Å². The molecule has 0 saturated carbocycles. The maximum absolute atomic E-state index is 11.5. The molecule has 0 bridgehead atoms. The number of aryl methyl sites for hydroxylation is 1. The second-order valence-electron chi connectivity index (χ2n) is 3.97. The van der Waals surface area contributed by atoms with E-state index in [-0.39, 0.29) is 12.1 Å². The number of urea groups is 1. The summed E-state index contributed by atoms with van der Waals surface area (Å²) >= 11 is 0. The topological polar surface area (TPSA) is 87.1 Å². The van der Waals surface area contributed by atoms with Crippen LogP contribution in [0.15, 0.2) is 12.4 Å². The number of nitrogens with one attached hydrogen (secondary N) is 2. The summed E-state index contributed by atoms with van der Waals surface area (Å²) in [5.74, 6) is 0.743. The van der Waals surface area contributed by atoms with Crippen molar-refractivity contribution in [1.29, 1.82) is 0 Å². The molecule has 18 heavy (non-hydrogen) atoms. The molecule has 1 rings (SSSR count). The molecule has 2 amide bonds. The predicted octanol–water partition coefficient (Wildman–Crippen LogP) is 1.32. The second-order valence-corrected chi connectivity index (χ2v) is 3.97. The number of aliphatic hydroxyl groups excluding tert-OH is 1. The number of rotatable bonds is 6. The number of hydrogen-bond acceptors (Lipinski definition) is 4. The molecule has 0 aliphatic rings. The third kappa shape index (κ3) is 5.09. The minimum absolute atomic E-state index is 0.314. The fourth-order valence-electron chi connectivity index (χ4n) is 1.33. The van der Waals surface area contributed by atoms with Crippen LogP contribution in [0.3, 0.4) is 0 Å². The first-order valence-electron chi connectivity index (χ1n) is 6.19. The minimum atomic E-state index is -0.363. The molecule has 0 spiro atoms. The zero-order valence-electron chi connectivity index (χ0n) is 10.8. The van der Waals surface area contributed by atoms with Crippen LogP contribution >= 0.6 is 0 Å². The molecule has 0 aliphatic carbocycles. The fraction of sp³-hybridized carbons (Fsp3) is 0.583. The van der Waals surface area contributed by atoms with Crippen LogP contribution in [0, 0.1) is 0 Å². The first-order chi connectivity index (χ1) is 8.65. The molecule has 3 N–H and O–H groups in total. The maximum Gasteiger partial charge on any atom is 0.319 e. The van der Waals surface area contributed by atoms with Gasteiger partial charge in [-0.3, -0.25) is 0 Å². The van der Waals surface area contributed by atoms with Crippen molar-refractivity contribution in [3.63, 3.8) is 0 Å². The molecule has 0 radical (unpaired) electrons. The van der Waals surface area contributed by atoms with Gasteiger partial charge in [-0.2, -0.15) is 0 Å². The number of carbonyl (C=O) groups is 1. The lowest BCUT2D eigenvalue weighted by molar-refractivity contribution is 0.160. The molecule has 1 aromatic rings. The summed E-state index contributed by atoms with van der Waals surface area (Å²) in [6, 6.07) is -0.314. The molecule has 1 aromatic heterocycles. The third-order valence-corrected chi connectivity index (χ3v) is 2.51. The monoisotopic (exact) mass is 252 g/mol. The van der Waals surface area contributed by atoms with Crippen LogP contribution in [0.25, 0.3) is 0 Å². The van der Waals surface area contributed by atoms with Crippen molar-refractivity contribution in [2.24, 2.45) is 0 Å². The van der Waals surface area contributed by atoms with Gasteiger partial charge in [-0.15, -0.1) is 0 Å². The number of anilines is 1. The van der Waals surface area contributed by atoms with Crippen molar-refractivity contribution in [3.8, 4) is 0 Å². The average molecular weight is 252 g/mol. The molecular weight excluding hydrogens is 232 g/mol. The SMILES string of the molecule is CCc1ncc(NC(=O)NCCC(O)CC)cn1. The molecule has 1 atom stereocenters. The number of nitrogens with zero attached hydrogens (tertiary/aromatic N) is 2. The smallest absolute Gasteiger partial charge is 0.319 e. The Morgan fingerprint density at radius 2 is 2.06 bits per heavy atom. The average Bonchev–Trinajstić information content (AvgIpc) is 2.39. The molecular formula is C12H20N4O2. The summed E-state index contributed by atoms with van der Waals surface area (Å²) in [4.78, 5) is 19.6. The number of aliphatic hydroxyl groups is 1. The van der Waals surface area contributed by atoms with Gasteiger partial charge in [0.05, 0.1) is 24.2 Å². The van der Waals surface area contributed by atoms with Crippen LogP contribution in [-0.4, -0.2) is 33.8 Å². The van der Waals surface area contributed by atoms with Gasteiger partial charge in [-0.25, -0.2) is 14.8 Å². The number of amides is 2. The van der Waals surface area contributed by atoms with Crippen molar-refractivity contribution >= 4 is 11.7 Å². The highest BCUT2D eigenvalue weighted by Crippen LogP contribution is 2.02. The van der Waals surface area contributed by atoms with Gasteiger partial charge in [0.1, 0.15) is 5.82 Å². The van der Waals surface area contributed by atoms with Gasteiger partial charge in [0.15, 0.2) is 0 Å². The molecule has 6 nitrogen and oxygen atoms in total. The Balaban J connectivity index is 2.30. The van der Waals surface area contributed by atoms with E-state index >= 15 is 0 Å². The maximum atomic E-state index is 11.5. The Morgan fingerprint density at radius 1 is 1.39 bits per heavy atom. The highest BCUT2D eigenvalue weighted by molar-refractivity contribution is 5.88. The van der Waals surface area contributed by atoms with Crippen LogP contribution in [0.5, 0.6) is 0 Å². The Morgan fingerprint density at radius 3 is 2.61 bits per heavy atom. The van der Waals surface area contributed by atoms with Crippen LogP contribution in [0.2, 0.25) is 0 Å². The lowest BCUT2D eigenvalue weighted by Gasteiger charge is -2.09. The Bertz CT molecular complexity index is 367. The molecule has 0 aliphatic heterocycles. The standard InChI is InChI=1S/C12H20N4O2/c1-3-10(17)5-6-13-12(18)16-9-7-14-11(4-2)15-8-9/h7-8,10,17H,3-6H2,1-2H3,(H2,13,16,18). The van der Waals surface area contributed by atoms with Gasteiger partial charge >= 0.3 is 6.03 Å². The van der Waals surface area contributed by atoms with E-state index in [1.807, 2.05) is 13.8 Å². The highest BCUT2D eigenvalue weighted by atomic mass is 16.3. The molecule has 1 unspecified atom stereocenters. The van der Waals surface area contributed by atoms with E-state index in [2.05, 4.69) is 20.6 Å². The summed E-state index contributed by atoms with van der Waals surface area (Å²) < 4.78 is 0. The summed E-state index contributed by atoms with van der Waals surface area (Å²) in [7, 11) is 0. The second kappa shape index (κ2) is 7.60. The Kier molecular flexibility index (Phi) is 6.07. The van der Waals surface area contributed by atoms with E-state index in [0.29, 0.717) is 25.1 Å². The first-order valence-corrected chi connectivity index (χ1v) is 6.19. The van der Waals surface area contributed by atoms with Crippen molar-refractivity contribution in [2.45, 2.75) is 39.2 Å². The molecule has 0 saturated heterocycles. The van der Waals surface area contributed by atoms with Gasteiger partial charge in [-0.05, 0) is 12.8 Å². The lowest BCUT2D eigenvalue weighted by atomic mass is 10.2. The number of carbonyl (C=O) groups excluding carboxylic acids is 1. The molecule has 6 heteroatoms. The highest BCUT2D eigenvalue weighted by Gasteiger charge is 2.04. The van der Waals surface area contributed by atoms with E-state index in [4.69, 9.17) is 0 Å².